The maximum absolute atomic E-state index is 12.6. The van der Waals surface area contributed by atoms with E-state index in [2.05, 4.69) is 34.9 Å². The van der Waals surface area contributed by atoms with Gasteiger partial charge in [0.15, 0.2) is 5.60 Å². The molecule has 2 aliphatic heterocycles. The van der Waals surface area contributed by atoms with E-state index in [0.29, 0.717) is 44.2 Å². The highest BCUT2D eigenvalue weighted by Crippen LogP contribution is 2.53. The number of aliphatic hydroxyl groups is 4. The standard InChI is InChI=1S/C35H49N3O8/c1-22-9-14-26(35-30(42)28(40)29(41)34(46-35,21-45-35)32(2,3)44)20-25(22)19-24-12-10-23(11-13-24)7-6-8-27(39)37-33(15-16-33)31(43)36-17-18-38(4)5/h9-14,20,28-30,40-42,44H,6-8,15-19,21H2,1-5H3,(H,36,43)(H,37,39)/t28-,29-,30+,34-,35-/m0/s1. The van der Waals surface area contributed by atoms with Gasteiger partial charge < -0.3 is 45.4 Å². The van der Waals surface area contributed by atoms with Gasteiger partial charge >= 0.3 is 0 Å². The third-order valence-corrected chi connectivity index (χ3v) is 9.83. The quantitative estimate of drug-likeness (QED) is 0.188. The van der Waals surface area contributed by atoms with Gasteiger partial charge in [-0.1, -0.05) is 36.4 Å². The fourth-order valence-corrected chi connectivity index (χ4v) is 6.49. The molecule has 6 N–H and O–H groups in total. The average Bonchev–Trinajstić information content (AvgIpc) is 3.67. The Morgan fingerprint density at radius 2 is 1.70 bits per heavy atom. The molecule has 1 aliphatic carbocycles. The lowest BCUT2D eigenvalue weighted by Gasteiger charge is -2.50. The second-order valence-electron chi connectivity index (χ2n) is 14.1. The van der Waals surface area contributed by atoms with Gasteiger partial charge in [-0.3, -0.25) is 9.59 Å². The third-order valence-electron chi connectivity index (χ3n) is 9.83. The van der Waals surface area contributed by atoms with E-state index < -0.39 is 40.8 Å². The maximum atomic E-state index is 12.6. The number of rotatable bonds is 13. The largest absolute Gasteiger partial charge is 0.387 e. The number of carbonyl (C=O) groups excluding carboxylic acids is 2. The van der Waals surface area contributed by atoms with Crippen LogP contribution in [0.4, 0.5) is 0 Å². The van der Waals surface area contributed by atoms with Crippen molar-refractivity contribution < 1.29 is 39.5 Å². The summed E-state index contributed by atoms with van der Waals surface area (Å²) < 4.78 is 12.2. The number of aryl methyl sites for hydroxylation is 2. The molecule has 3 fully saturated rings. The minimum absolute atomic E-state index is 0.101. The van der Waals surface area contributed by atoms with Crippen molar-refractivity contribution in [3.05, 3.63) is 70.3 Å². The van der Waals surface area contributed by atoms with Crippen LogP contribution in [-0.4, -0.2) is 106 Å². The van der Waals surface area contributed by atoms with E-state index in [1.165, 1.54) is 13.8 Å². The van der Waals surface area contributed by atoms with Crippen LogP contribution in [0, 0.1) is 6.92 Å². The van der Waals surface area contributed by atoms with Crippen molar-refractivity contribution in [1.82, 2.24) is 15.5 Å². The lowest BCUT2D eigenvalue weighted by atomic mass is 9.75. The maximum Gasteiger partial charge on any atom is 0.245 e. The van der Waals surface area contributed by atoms with Gasteiger partial charge in [0.25, 0.3) is 0 Å². The van der Waals surface area contributed by atoms with Crippen LogP contribution in [0.3, 0.4) is 0 Å². The zero-order chi connectivity index (χ0) is 33.5. The topological polar surface area (TPSA) is 161 Å². The normalized spacial score (nSPS) is 28.3. The molecule has 0 radical (unpaired) electrons. The number of benzene rings is 2. The number of fused-ring (bicyclic) bond motifs is 2. The number of amides is 2. The molecular formula is C35H49N3O8. The Labute approximate surface area is 270 Å². The summed E-state index contributed by atoms with van der Waals surface area (Å²) >= 11 is 0. The first-order valence-electron chi connectivity index (χ1n) is 16.1. The summed E-state index contributed by atoms with van der Waals surface area (Å²) in [7, 11) is 3.89. The van der Waals surface area contributed by atoms with E-state index in [0.717, 1.165) is 35.2 Å². The number of nitrogens with zero attached hydrogens (tertiary/aromatic N) is 1. The first kappa shape index (κ1) is 34.4. The van der Waals surface area contributed by atoms with Crippen LogP contribution in [0.5, 0.6) is 0 Å². The fraction of sp³-hybridized carbons (Fsp3) is 0.600. The molecule has 5 rings (SSSR count). The minimum atomic E-state index is -1.74. The summed E-state index contributed by atoms with van der Waals surface area (Å²) in [5.41, 5.74) is 0.732. The lowest BCUT2D eigenvalue weighted by Crippen LogP contribution is -2.70. The monoisotopic (exact) mass is 639 g/mol. The van der Waals surface area contributed by atoms with E-state index in [-0.39, 0.29) is 18.4 Å². The molecule has 3 aliphatic rings. The van der Waals surface area contributed by atoms with E-state index >= 15 is 0 Å². The number of aliphatic hydroxyl groups excluding tert-OH is 3. The molecule has 2 heterocycles. The van der Waals surface area contributed by atoms with Gasteiger partial charge in [0.1, 0.15) is 23.9 Å². The van der Waals surface area contributed by atoms with Gasteiger partial charge in [0.05, 0.1) is 12.2 Å². The van der Waals surface area contributed by atoms with Gasteiger partial charge in [-0.25, -0.2) is 0 Å². The number of hydrogen-bond donors (Lipinski definition) is 6. The first-order valence-corrected chi connectivity index (χ1v) is 16.1. The molecule has 2 amide bonds. The number of ether oxygens (including phenoxy) is 2. The predicted octanol–water partition coefficient (Wildman–Crippen LogP) is 1.04. The lowest BCUT2D eigenvalue weighted by molar-refractivity contribution is -0.348. The smallest absolute Gasteiger partial charge is 0.245 e. The summed E-state index contributed by atoms with van der Waals surface area (Å²) in [6.45, 7) is 6.05. The van der Waals surface area contributed by atoms with Gasteiger partial charge in [-0.05, 0) is 95.3 Å². The first-order chi connectivity index (χ1) is 21.6. The highest BCUT2D eigenvalue weighted by Gasteiger charge is 2.71. The van der Waals surface area contributed by atoms with E-state index in [9.17, 15) is 30.0 Å². The molecule has 2 saturated heterocycles. The van der Waals surface area contributed by atoms with Crippen LogP contribution in [0.15, 0.2) is 42.5 Å². The van der Waals surface area contributed by atoms with Crippen LogP contribution in [-0.2, 0) is 37.7 Å². The summed E-state index contributed by atoms with van der Waals surface area (Å²) in [6, 6.07) is 13.8. The fourth-order valence-electron chi connectivity index (χ4n) is 6.49. The second kappa shape index (κ2) is 13.0. The van der Waals surface area contributed by atoms with E-state index in [1.54, 1.807) is 6.07 Å². The van der Waals surface area contributed by atoms with Gasteiger partial charge in [0.2, 0.25) is 17.6 Å². The molecule has 46 heavy (non-hydrogen) atoms. The number of nitrogens with one attached hydrogen (secondary N) is 2. The van der Waals surface area contributed by atoms with Crippen LogP contribution in [0.1, 0.15) is 67.3 Å². The number of carbonyl (C=O) groups is 2. The van der Waals surface area contributed by atoms with Crippen LogP contribution < -0.4 is 10.6 Å². The highest BCUT2D eigenvalue weighted by atomic mass is 16.8. The second-order valence-corrected chi connectivity index (χ2v) is 14.1. The summed E-state index contributed by atoms with van der Waals surface area (Å²) in [6.07, 6.45) is -1.02. The van der Waals surface area contributed by atoms with Crippen molar-refractivity contribution in [3.8, 4) is 0 Å². The SMILES string of the molecule is Cc1ccc([C@]23OC[C@](C(C)(C)O)(O2)[C@@H](O)[C@H](O)[C@H]3O)cc1Cc1ccc(CCCC(=O)NC2(C(=O)NCCN(C)C)CC2)cc1. The Balaban J connectivity index is 1.18. The molecule has 11 heteroatoms. The molecular weight excluding hydrogens is 590 g/mol. The molecule has 5 atom stereocenters. The molecule has 2 aromatic carbocycles. The van der Waals surface area contributed by atoms with Crippen LogP contribution in [0.25, 0.3) is 0 Å². The Kier molecular flexibility index (Phi) is 9.70. The van der Waals surface area contributed by atoms with Crippen molar-refractivity contribution >= 4 is 11.8 Å². The number of likely N-dealkylation sites (N-methyl/N-ethyl adjacent to an activating group) is 1. The summed E-state index contributed by atoms with van der Waals surface area (Å²) in [5, 5.41) is 49.3. The molecule has 2 aromatic rings. The molecule has 11 nitrogen and oxygen atoms in total. The van der Waals surface area contributed by atoms with Crippen LogP contribution >= 0.6 is 0 Å². The Morgan fingerprint density at radius 1 is 1.02 bits per heavy atom. The third kappa shape index (κ3) is 6.60. The molecule has 0 spiro atoms. The van der Waals surface area contributed by atoms with Crippen molar-refractivity contribution in [2.75, 3.05) is 33.8 Å². The zero-order valence-corrected chi connectivity index (χ0v) is 27.5. The van der Waals surface area contributed by atoms with Crippen LogP contribution in [0.2, 0.25) is 0 Å². The summed E-state index contributed by atoms with van der Waals surface area (Å²) in [4.78, 5) is 27.1. The van der Waals surface area contributed by atoms with Crippen molar-refractivity contribution in [1.29, 1.82) is 0 Å². The Morgan fingerprint density at radius 3 is 2.33 bits per heavy atom. The van der Waals surface area contributed by atoms with Gasteiger partial charge in [-0.15, -0.1) is 0 Å². The van der Waals surface area contributed by atoms with Crippen molar-refractivity contribution in [3.63, 3.8) is 0 Å². The number of hydrogen-bond acceptors (Lipinski definition) is 9. The predicted molar refractivity (Wildman–Crippen MR) is 171 cm³/mol. The molecule has 1 saturated carbocycles. The molecule has 0 aromatic heterocycles. The van der Waals surface area contributed by atoms with Crippen molar-refractivity contribution in [2.24, 2.45) is 0 Å². The Bertz CT molecular complexity index is 1420. The molecule has 2 bridgehead atoms. The minimum Gasteiger partial charge on any atom is -0.387 e. The summed E-state index contributed by atoms with van der Waals surface area (Å²) in [5.74, 6) is -1.95. The van der Waals surface area contributed by atoms with E-state index in [4.69, 9.17) is 9.47 Å². The average molecular weight is 640 g/mol. The Hall–Kier alpha value is -2.90. The molecule has 252 valence electrons. The highest BCUT2D eigenvalue weighted by molar-refractivity contribution is 5.94. The van der Waals surface area contributed by atoms with Gasteiger partial charge in [-0.2, -0.15) is 0 Å². The van der Waals surface area contributed by atoms with Crippen molar-refractivity contribution in [2.45, 2.75) is 100 Å². The zero-order valence-electron chi connectivity index (χ0n) is 27.5. The van der Waals surface area contributed by atoms with E-state index in [1.807, 2.05) is 38.1 Å². The molecule has 0 unspecified atom stereocenters. The van der Waals surface area contributed by atoms with Gasteiger partial charge in [0, 0.05) is 25.1 Å².